The molecule has 0 aliphatic rings. The van der Waals surface area contributed by atoms with Crippen molar-refractivity contribution in [2.24, 2.45) is 5.73 Å². The Hall–Kier alpha value is -2.30. The molecule has 2 amide bonds. The largest absolute Gasteiger partial charge is 0.460 e. The van der Waals surface area contributed by atoms with E-state index in [1.807, 2.05) is 12.3 Å². The van der Waals surface area contributed by atoms with Crippen LogP contribution in [0.2, 0.25) is 0 Å². The van der Waals surface area contributed by atoms with Gasteiger partial charge in [-0.05, 0) is 18.9 Å². The van der Waals surface area contributed by atoms with Crippen LogP contribution >= 0.6 is 22.7 Å². The van der Waals surface area contributed by atoms with Crippen LogP contribution < -0.4 is 11.1 Å². The number of thiazole rings is 1. The molecular formula is C17H21N3O5S2. The molecule has 2 heterocycles. The summed E-state index contributed by atoms with van der Waals surface area (Å²) in [7, 11) is 1.49. The summed E-state index contributed by atoms with van der Waals surface area (Å²) in [6.07, 6.45) is 0.868. The Morgan fingerprint density at radius 2 is 2.04 bits per heavy atom. The van der Waals surface area contributed by atoms with E-state index in [1.54, 1.807) is 6.92 Å². The highest BCUT2D eigenvalue weighted by Gasteiger charge is 2.26. The molecule has 146 valence electrons. The van der Waals surface area contributed by atoms with E-state index < -0.39 is 11.9 Å². The van der Waals surface area contributed by atoms with Crippen molar-refractivity contribution in [1.82, 2.24) is 4.98 Å². The highest BCUT2D eigenvalue weighted by molar-refractivity contribution is 7.18. The number of carbonyl (C=O) groups excluding carboxylic acids is 3. The number of hydrogen-bond donors (Lipinski definition) is 2. The van der Waals surface area contributed by atoms with E-state index in [9.17, 15) is 14.4 Å². The predicted molar refractivity (Wildman–Crippen MR) is 104 cm³/mol. The number of methoxy groups -OCH3 is 1. The lowest BCUT2D eigenvalue weighted by Crippen LogP contribution is -2.17. The second-order valence-corrected chi connectivity index (χ2v) is 7.53. The summed E-state index contributed by atoms with van der Waals surface area (Å²) < 4.78 is 9.98. The van der Waals surface area contributed by atoms with Crippen molar-refractivity contribution >= 4 is 45.5 Å². The van der Waals surface area contributed by atoms with Crippen molar-refractivity contribution in [3.8, 4) is 0 Å². The van der Waals surface area contributed by atoms with E-state index >= 15 is 0 Å². The zero-order valence-electron chi connectivity index (χ0n) is 15.3. The molecule has 27 heavy (non-hydrogen) atoms. The van der Waals surface area contributed by atoms with Crippen LogP contribution in [0.3, 0.4) is 0 Å². The van der Waals surface area contributed by atoms with Gasteiger partial charge >= 0.3 is 5.97 Å². The zero-order valence-corrected chi connectivity index (χ0v) is 16.9. The lowest BCUT2D eigenvalue weighted by atomic mass is 10.1. The van der Waals surface area contributed by atoms with Crippen LogP contribution in [-0.2, 0) is 27.1 Å². The molecule has 0 spiro atoms. The average molecular weight is 412 g/mol. The van der Waals surface area contributed by atoms with Gasteiger partial charge in [-0.25, -0.2) is 9.78 Å². The molecule has 0 unspecified atom stereocenters. The van der Waals surface area contributed by atoms with Crippen LogP contribution in [-0.4, -0.2) is 43.1 Å². The van der Waals surface area contributed by atoms with Crippen molar-refractivity contribution < 1.29 is 23.9 Å². The number of thiophene rings is 1. The Morgan fingerprint density at radius 1 is 1.30 bits per heavy atom. The fourth-order valence-corrected chi connectivity index (χ4v) is 4.11. The first-order valence-corrected chi connectivity index (χ1v) is 9.89. The molecular weight excluding hydrogens is 390 g/mol. The predicted octanol–water partition coefficient (Wildman–Crippen LogP) is 2.16. The second kappa shape index (κ2) is 9.58. The van der Waals surface area contributed by atoms with Gasteiger partial charge in [0.15, 0.2) is 0 Å². The summed E-state index contributed by atoms with van der Waals surface area (Å²) in [6.45, 7) is 3.88. The number of ether oxygens (including phenoxy) is 2. The smallest absolute Gasteiger partial charge is 0.341 e. The summed E-state index contributed by atoms with van der Waals surface area (Å²) in [5.74, 6) is -1.66. The van der Waals surface area contributed by atoms with Gasteiger partial charge < -0.3 is 20.5 Å². The topological polar surface area (TPSA) is 121 Å². The van der Waals surface area contributed by atoms with Gasteiger partial charge in [-0.2, -0.15) is 0 Å². The quantitative estimate of drug-likeness (QED) is 0.482. The van der Waals surface area contributed by atoms with E-state index in [4.69, 9.17) is 15.2 Å². The molecule has 2 aromatic rings. The van der Waals surface area contributed by atoms with E-state index in [0.29, 0.717) is 11.3 Å². The number of rotatable bonds is 9. The second-order valence-electron chi connectivity index (χ2n) is 5.56. The minimum Gasteiger partial charge on any atom is -0.460 e. The van der Waals surface area contributed by atoms with Crippen LogP contribution in [0.15, 0.2) is 5.38 Å². The highest BCUT2D eigenvalue weighted by atomic mass is 32.1. The van der Waals surface area contributed by atoms with Crippen LogP contribution in [0.1, 0.15) is 43.2 Å². The number of nitrogens with one attached hydrogen (secondary N) is 1. The summed E-state index contributed by atoms with van der Waals surface area (Å²) in [4.78, 5) is 40.9. The third kappa shape index (κ3) is 5.34. The molecule has 8 nitrogen and oxygen atoms in total. The number of aryl methyl sites for hydroxylation is 1. The number of primary amides is 1. The minimum atomic E-state index is -0.670. The van der Waals surface area contributed by atoms with Crippen molar-refractivity contribution in [2.45, 2.75) is 26.7 Å². The maximum Gasteiger partial charge on any atom is 0.341 e. The Bertz CT molecular complexity index is 844. The molecule has 0 fully saturated rings. The molecule has 0 atom stereocenters. The number of aromatic nitrogens is 1. The first-order chi connectivity index (χ1) is 12.9. The van der Waals surface area contributed by atoms with Gasteiger partial charge in [-0.15, -0.1) is 22.7 Å². The van der Waals surface area contributed by atoms with Gasteiger partial charge in [0.05, 0.1) is 34.2 Å². The molecule has 2 aromatic heterocycles. The summed E-state index contributed by atoms with van der Waals surface area (Å²) in [5, 5.41) is 5.69. The molecule has 0 saturated heterocycles. The summed E-state index contributed by atoms with van der Waals surface area (Å²) in [5.41, 5.74) is 6.54. The van der Waals surface area contributed by atoms with Crippen molar-refractivity contribution in [3.05, 3.63) is 32.1 Å². The molecule has 3 N–H and O–H groups in total. The van der Waals surface area contributed by atoms with Crippen molar-refractivity contribution in [3.63, 3.8) is 0 Å². The monoisotopic (exact) mass is 411 g/mol. The molecule has 0 radical (unpaired) electrons. The number of hydrogen-bond acceptors (Lipinski definition) is 8. The van der Waals surface area contributed by atoms with Crippen molar-refractivity contribution in [2.75, 3.05) is 25.6 Å². The van der Waals surface area contributed by atoms with Crippen LogP contribution in [0.4, 0.5) is 5.00 Å². The van der Waals surface area contributed by atoms with Gasteiger partial charge in [0.25, 0.3) is 5.91 Å². The fraction of sp³-hybridized carbons (Fsp3) is 0.412. The molecule has 10 heteroatoms. The van der Waals surface area contributed by atoms with Crippen molar-refractivity contribution in [1.29, 1.82) is 0 Å². The van der Waals surface area contributed by atoms with Gasteiger partial charge in [0.2, 0.25) is 5.91 Å². The first kappa shape index (κ1) is 21.0. The van der Waals surface area contributed by atoms with Gasteiger partial charge in [0, 0.05) is 12.5 Å². The van der Waals surface area contributed by atoms with Crippen LogP contribution in [0.25, 0.3) is 0 Å². The Morgan fingerprint density at radius 3 is 2.63 bits per heavy atom. The maximum atomic E-state index is 12.4. The molecule has 0 aliphatic carbocycles. The molecule has 0 aromatic carbocycles. The standard InChI is InChI=1S/C17H21N3O5S2/c1-4-12-19-10(8-26-12)7-11(21)20-16-13(17(23)25-6-5-24-3)9(2)14(27-16)15(18)22/h8H,4-7H2,1-3H3,(H2,18,22)(H,20,21). The summed E-state index contributed by atoms with van der Waals surface area (Å²) >= 11 is 2.45. The van der Waals surface area contributed by atoms with Crippen LogP contribution in [0, 0.1) is 6.92 Å². The number of anilines is 1. The Kier molecular flexibility index (Phi) is 7.45. The minimum absolute atomic E-state index is 0.0581. The van der Waals surface area contributed by atoms with E-state index in [2.05, 4.69) is 10.3 Å². The zero-order chi connectivity index (χ0) is 20.0. The van der Waals surface area contributed by atoms with E-state index in [0.717, 1.165) is 22.8 Å². The number of nitrogens with two attached hydrogens (primary N) is 1. The Balaban J connectivity index is 2.20. The normalized spacial score (nSPS) is 10.6. The summed E-state index contributed by atoms with van der Waals surface area (Å²) in [6, 6.07) is 0. The average Bonchev–Trinajstić information content (AvgIpc) is 3.19. The molecule has 0 aliphatic heterocycles. The maximum absolute atomic E-state index is 12.4. The van der Waals surface area contributed by atoms with Gasteiger partial charge in [-0.3, -0.25) is 9.59 Å². The number of amides is 2. The van der Waals surface area contributed by atoms with Gasteiger partial charge in [0.1, 0.15) is 11.6 Å². The van der Waals surface area contributed by atoms with E-state index in [-0.39, 0.29) is 41.0 Å². The Labute approximate surface area is 164 Å². The third-order valence-electron chi connectivity index (χ3n) is 3.59. The lowest BCUT2D eigenvalue weighted by Gasteiger charge is -2.07. The van der Waals surface area contributed by atoms with Gasteiger partial charge in [-0.1, -0.05) is 6.92 Å². The third-order valence-corrected chi connectivity index (χ3v) is 5.86. The molecule has 0 saturated carbocycles. The lowest BCUT2D eigenvalue weighted by molar-refractivity contribution is -0.115. The van der Waals surface area contributed by atoms with E-state index in [1.165, 1.54) is 18.4 Å². The highest BCUT2D eigenvalue weighted by Crippen LogP contribution is 2.33. The number of carbonyl (C=O) groups is 3. The fourth-order valence-electron chi connectivity index (χ4n) is 2.30. The number of esters is 1. The SMILES string of the molecule is CCc1nc(CC(=O)Nc2sc(C(N)=O)c(C)c2C(=O)OCCOC)cs1. The van der Waals surface area contributed by atoms with Crippen LogP contribution in [0.5, 0.6) is 0 Å². The number of nitrogens with zero attached hydrogens (tertiary/aromatic N) is 1. The molecule has 0 bridgehead atoms. The molecule has 2 rings (SSSR count). The first-order valence-electron chi connectivity index (χ1n) is 8.19.